The summed E-state index contributed by atoms with van der Waals surface area (Å²) in [6, 6.07) is -0.310. The highest BCUT2D eigenvalue weighted by molar-refractivity contribution is 4.84. The molecule has 0 radical (unpaired) electrons. The van der Waals surface area contributed by atoms with Crippen LogP contribution in [-0.4, -0.2) is 41.4 Å². The molecule has 5 heteroatoms. The number of aliphatic hydroxyl groups excluding tert-OH is 1. The number of hydrogen-bond acceptors (Lipinski definition) is 2. The van der Waals surface area contributed by atoms with Crippen LogP contribution in [-0.2, 0) is 0 Å². The molecule has 1 N–H and O–H groups in total. The monoisotopic (exact) mass is 239 g/mol. The zero-order valence-corrected chi connectivity index (χ0v) is 9.63. The maximum Gasteiger partial charge on any atom is 0.401 e. The standard InChI is InChI=1S/C11H20F3NO/c1-2-7-15(8-11(12,13)14)9-5-3-4-6-10(9)16/h9-10,16H,2-8H2,1H3/t9-,10-/m1/s1. The van der Waals surface area contributed by atoms with Crippen molar-refractivity contribution in [1.82, 2.24) is 4.90 Å². The van der Waals surface area contributed by atoms with Gasteiger partial charge in [-0.15, -0.1) is 0 Å². The Morgan fingerprint density at radius 1 is 1.25 bits per heavy atom. The number of halogens is 3. The van der Waals surface area contributed by atoms with E-state index < -0.39 is 18.8 Å². The Bertz CT molecular complexity index is 208. The summed E-state index contributed by atoms with van der Waals surface area (Å²) in [6.45, 7) is 1.36. The van der Waals surface area contributed by atoms with Crippen LogP contribution in [0.15, 0.2) is 0 Å². The Hall–Kier alpha value is -0.290. The summed E-state index contributed by atoms with van der Waals surface area (Å²) >= 11 is 0. The highest BCUT2D eigenvalue weighted by atomic mass is 19.4. The van der Waals surface area contributed by atoms with Crippen LogP contribution in [0.1, 0.15) is 39.0 Å². The van der Waals surface area contributed by atoms with Gasteiger partial charge in [-0.2, -0.15) is 13.2 Å². The summed E-state index contributed by atoms with van der Waals surface area (Å²) < 4.78 is 37.2. The molecule has 1 saturated carbocycles. The van der Waals surface area contributed by atoms with Crippen molar-refractivity contribution in [3.63, 3.8) is 0 Å². The summed E-state index contributed by atoms with van der Waals surface area (Å²) in [5, 5.41) is 9.75. The van der Waals surface area contributed by atoms with Crippen LogP contribution in [0.4, 0.5) is 13.2 Å². The molecule has 0 heterocycles. The fraction of sp³-hybridized carbons (Fsp3) is 1.00. The van der Waals surface area contributed by atoms with Crippen molar-refractivity contribution >= 4 is 0 Å². The minimum Gasteiger partial charge on any atom is -0.391 e. The molecule has 16 heavy (non-hydrogen) atoms. The summed E-state index contributed by atoms with van der Waals surface area (Å²) in [5.41, 5.74) is 0. The van der Waals surface area contributed by atoms with E-state index >= 15 is 0 Å². The number of nitrogens with zero attached hydrogens (tertiary/aromatic N) is 1. The third-order valence-corrected chi connectivity index (χ3v) is 3.06. The molecule has 0 unspecified atom stereocenters. The summed E-state index contributed by atoms with van der Waals surface area (Å²) in [7, 11) is 0. The van der Waals surface area contributed by atoms with Gasteiger partial charge in [-0.3, -0.25) is 4.90 Å². The molecular formula is C11H20F3NO. The van der Waals surface area contributed by atoms with E-state index in [0.29, 0.717) is 25.8 Å². The van der Waals surface area contributed by atoms with Crippen molar-refractivity contribution in [2.75, 3.05) is 13.1 Å². The first kappa shape index (κ1) is 13.8. The topological polar surface area (TPSA) is 23.5 Å². The molecule has 96 valence electrons. The van der Waals surface area contributed by atoms with Crippen molar-refractivity contribution in [3.8, 4) is 0 Å². The Kier molecular flexibility index (Phi) is 5.05. The summed E-state index contributed by atoms with van der Waals surface area (Å²) in [4.78, 5) is 1.39. The van der Waals surface area contributed by atoms with E-state index in [9.17, 15) is 18.3 Å². The maximum atomic E-state index is 12.4. The van der Waals surface area contributed by atoms with Crippen LogP contribution < -0.4 is 0 Å². The van der Waals surface area contributed by atoms with Crippen molar-refractivity contribution < 1.29 is 18.3 Å². The molecule has 0 aromatic rings. The third kappa shape index (κ3) is 4.29. The fourth-order valence-electron chi connectivity index (χ4n) is 2.40. The fourth-order valence-corrected chi connectivity index (χ4v) is 2.40. The molecule has 0 spiro atoms. The van der Waals surface area contributed by atoms with Gasteiger partial charge in [-0.1, -0.05) is 19.8 Å². The van der Waals surface area contributed by atoms with E-state index in [0.717, 1.165) is 12.8 Å². The van der Waals surface area contributed by atoms with Crippen LogP contribution in [0.5, 0.6) is 0 Å². The van der Waals surface area contributed by atoms with Gasteiger partial charge in [0.15, 0.2) is 0 Å². The van der Waals surface area contributed by atoms with Gasteiger partial charge in [0, 0.05) is 6.04 Å². The average Bonchev–Trinajstić information content (AvgIpc) is 2.16. The van der Waals surface area contributed by atoms with Gasteiger partial charge in [0.2, 0.25) is 0 Å². The van der Waals surface area contributed by atoms with Gasteiger partial charge >= 0.3 is 6.18 Å². The molecule has 0 aliphatic heterocycles. The summed E-state index contributed by atoms with van der Waals surface area (Å²) in [6.07, 6.45) is -0.947. The van der Waals surface area contributed by atoms with Crippen LogP contribution in [0.25, 0.3) is 0 Å². The zero-order chi connectivity index (χ0) is 12.2. The highest BCUT2D eigenvalue weighted by Gasteiger charge is 2.36. The van der Waals surface area contributed by atoms with Crippen molar-refractivity contribution in [1.29, 1.82) is 0 Å². The first-order valence-electron chi connectivity index (χ1n) is 5.93. The second-order valence-corrected chi connectivity index (χ2v) is 4.50. The molecule has 0 aromatic heterocycles. The normalized spacial score (nSPS) is 27.4. The predicted octanol–water partition coefficient (Wildman–Crippen LogP) is 2.56. The van der Waals surface area contributed by atoms with Crippen LogP contribution >= 0.6 is 0 Å². The SMILES string of the molecule is CCCN(CC(F)(F)F)[C@@H]1CCCC[C@H]1O. The van der Waals surface area contributed by atoms with Crippen molar-refractivity contribution in [2.45, 2.75) is 57.3 Å². The van der Waals surface area contributed by atoms with Gasteiger partial charge in [0.05, 0.1) is 12.6 Å². The lowest BCUT2D eigenvalue weighted by Gasteiger charge is -2.37. The maximum absolute atomic E-state index is 12.4. The average molecular weight is 239 g/mol. The largest absolute Gasteiger partial charge is 0.401 e. The van der Waals surface area contributed by atoms with Gasteiger partial charge in [0.1, 0.15) is 0 Å². The smallest absolute Gasteiger partial charge is 0.391 e. The molecule has 0 saturated heterocycles. The van der Waals surface area contributed by atoms with E-state index in [1.807, 2.05) is 6.92 Å². The van der Waals surface area contributed by atoms with E-state index in [-0.39, 0.29) is 6.04 Å². The predicted molar refractivity (Wildman–Crippen MR) is 56.2 cm³/mol. The number of alkyl halides is 3. The molecule has 2 nitrogen and oxygen atoms in total. The molecule has 1 aliphatic rings. The van der Waals surface area contributed by atoms with Crippen LogP contribution in [0.2, 0.25) is 0 Å². The number of rotatable bonds is 4. The van der Waals surface area contributed by atoms with E-state index in [1.54, 1.807) is 0 Å². The highest BCUT2D eigenvalue weighted by Crippen LogP contribution is 2.26. The Morgan fingerprint density at radius 3 is 2.38 bits per heavy atom. The van der Waals surface area contributed by atoms with Gasteiger partial charge < -0.3 is 5.11 Å². The summed E-state index contributed by atoms with van der Waals surface area (Å²) in [5.74, 6) is 0. The van der Waals surface area contributed by atoms with Crippen molar-refractivity contribution in [2.24, 2.45) is 0 Å². The minimum atomic E-state index is -4.17. The van der Waals surface area contributed by atoms with Gasteiger partial charge in [-0.25, -0.2) is 0 Å². The number of aliphatic hydroxyl groups is 1. The lowest BCUT2D eigenvalue weighted by Crippen LogP contribution is -2.49. The Morgan fingerprint density at radius 2 is 1.88 bits per heavy atom. The third-order valence-electron chi connectivity index (χ3n) is 3.06. The molecule has 0 bridgehead atoms. The molecule has 1 rings (SSSR count). The molecule has 0 aromatic carbocycles. The Labute approximate surface area is 94.4 Å². The first-order valence-corrected chi connectivity index (χ1v) is 5.93. The first-order chi connectivity index (χ1) is 7.44. The Balaban J connectivity index is 2.60. The lowest BCUT2D eigenvalue weighted by atomic mass is 9.91. The molecule has 2 atom stereocenters. The van der Waals surface area contributed by atoms with Crippen LogP contribution in [0, 0.1) is 0 Å². The second-order valence-electron chi connectivity index (χ2n) is 4.50. The van der Waals surface area contributed by atoms with Gasteiger partial charge in [-0.05, 0) is 25.8 Å². The van der Waals surface area contributed by atoms with E-state index in [4.69, 9.17) is 0 Å². The molecular weight excluding hydrogens is 219 g/mol. The minimum absolute atomic E-state index is 0.310. The van der Waals surface area contributed by atoms with E-state index in [2.05, 4.69) is 0 Å². The van der Waals surface area contributed by atoms with Gasteiger partial charge in [0.25, 0.3) is 0 Å². The second kappa shape index (κ2) is 5.87. The molecule has 1 aliphatic carbocycles. The molecule has 0 amide bonds. The number of hydrogen-bond donors (Lipinski definition) is 1. The van der Waals surface area contributed by atoms with E-state index in [1.165, 1.54) is 4.90 Å². The van der Waals surface area contributed by atoms with Crippen molar-refractivity contribution in [3.05, 3.63) is 0 Å². The quantitative estimate of drug-likeness (QED) is 0.815. The zero-order valence-electron chi connectivity index (χ0n) is 9.63. The lowest BCUT2D eigenvalue weighted by molar-refractivity contribution is -0.157. The van der Waals surface area contributed by atoms with Crippen LogP contribution in [0.3, 0.4) is 0 Å². The molecule has 1 fully saturated rings.